The van der Waals surface area contributed by atoms with E-state index in [-0.39, 0.29) is 0 Å². The zero-order chi connectivity index (χ0) is 9.68. The van der Waals surface area contributed by atoms with Crippen molar-refractivity contribution in [3.8, 4) is 0 Å². The first-order valence-corrected chi connectivity index (χ1v) is 5.22. The van der Waals surface area contributed by atoms with Crippen LogP contribution in [0, 0.1) is 11.8 Å². The minimum absolute atomic E-state index is 0.516. The van der Waals surface area contributed by atoms with Crippen molar-refractivity contribution in [1.29, 1.82) is 0 Å². The van der Waals surface area contributed by atoms with E-state index in [0.29, 0.717) is 11.8 Å². The van der Waals surface area contributed by atoms with E-state index in [0.717, 1.165) is 18.1 Å². The third-order valence-electron chi connectivity index (χ3n) is 2.15. The Hall–Kier alpha value is -0.680. The summed E-state index contributed by atoms with van der Waals surface area (Å²) in [6, 6.07) is 0. The molecule has 0 bridgehead atoms. The second-order valence-corrected chi connectivity index (χ2v) is 4.19. The van der Waals surface area contributed by atoms with Crippen molar-refractivity contribution in [2.45, 2.75) is 13.8 Å². The second-order valence-electron chi connectivity index (χ2n) is 3.40. The van der Waals surface area contributed by atoms with Crippen molar-refractivity contribution in [1.82, 2.24) is 9.59 Å². The molecule has 1 rings (SSSR count). The molecule has 1 aromatic heterocycles. The Kier molecular flexibility index (Phi) is 4.11. The Morgan fingerprint density at radius 2 is 2.38 bits per heavy atom. The number of nitrogens with zero attached hydrogens (tertiary/aromatic N) is 2. The Morgan fingerprint density at radius 1 is 1.62 bits per heavy atom. The molecule has 0 radical (unpaired) electrons. The minimum atomic E-state index is 0.516. The van der Waals surface area contributed by atoms with Crippen LogP contribution in [-0.2, 0) is 0 Å². The van der Waals surface area contributed by atoms with E-state index >= 15 is 0 Å². The molecule has 1 unspecified atom stereocenters. The Balaban J connectivity index is 2.32. The van der Waals surface area contributed by atoms with Crippen molar-refractivity contribution >= 4 is 16.5 Å². The lowest BCUT2D eigenvalue weighted by Gasteiger charge is -2.18. The van der Waals surface area contributed by atoms with Crippen LogP contribution >= 0.6 is 11.5 Å². The molecule has 0 fully saturated rings. The lowest BCUT2D eigenvalue weighted by molar-refractivity contribution is 0.413. The summed E-state index contributed by atoms with van der Waals surface area (Å²) in [7, 11) is 0. The molecule has 74 valence electrons. The number of aromatic nitrogens is 2. The highest BCUT2D eigenvalue weighted by atomic mass is 32.1. The van der Waals surface area contributed by atoms with Crippen LogP contribution in [0.25, 0.3) is 0 Å². The van der Waals surface area contributed by atoms with Gasteiger partial charge in [0.05, 0.1) is 6.20 Å². The molecular weight excluding hydrogens is 184 g/mol. The number of hydrogen-bond acceptors (Lipinski definition) is 5. The van der Waals surface area contributed by atoms with Gasteiger partial charge in [-0.05, 0) is 18.4 Å². The van der Waals surface area contributed by atoms with Crippen molar-refractivity contribution in [3.05, 3.63) is 6.20 Å². The van der Waals surface area contributed by atoms with Crippen LogP contribution in [0.4, 0.5) is 5.00 Å². The monoisotopic (exact) mass is 200 g/mol. The molecule has 0 aliphatic carbocycles. The van der Waals surface area contributed by atoms with Crippen molar-refractivity contribution in [2.75, 3.05) is 18.4 Å². The van der Waals surface area contributed by atoms with Crippen LogP contribution in [-0.4, -0.2) is 22.7 Å². The largest absolute Gasteiger partial charge is 0.374 e. The Morgan fingerprint density at radius 3 is 2.85 bits per heavy atom. The summed E-state index contributed by atoms with van der Waals surface area (Å²) in [5.74, 6) is 1.13. The van der Waals surface area contributed by atoms with Gasteiger partial charge in [0, 0.05) is 18.1 Å². The van der Waals surface area contributed by atoms with Gasteiger partial charge in [0.1, 0.15) is 5.00 Å². The standard InChI is InChI=1S/C8H16N4S/c1-6(2)7(3-9)4-10-8-5-11-12-13-8/h5-7,10H,3-4,9H2,1-2H3. The number of anilines is 1. The smallest absolute Gasteiger partial charge is 0.130 e. The summed E-state index contributed by atoms with van der Waals surface area (Å²) >= 11 is 1.37. The fourth-order valence-electron chi connectivity index (χ4n) is 1.07. The van der Waals surface area contributed by atoms with E-state index < -0.39 is 0 Å². The number of nitrogens with one attached hydrogen (secondary N) is 1. The average molecular weight is 200 g/mol. The average Bonchev–Trinajstić information content (AvgIpc) is 2.57. The van der Waals surface area contributed by atoms with Gasteiger partial charge in [-0.25, -0.2) is 0 Å². The van der Waals surface area contributed by atoms with Gasteiger partial charge >= 0.3 is 0 Å². The van der Waals surface area contributed by atoms with Gasteiger partial charge in [-0.1, -0.05) is 18.3 Å². The third-order valence-corrected chi connectivity index (χ3v) is 2.77. The number of nitrogens with two attached hydrogens (primary N) is 1. The molecule has 13 heavy (non-hydrogen) atoms. The molecule has 0 saturated heterocycles. The maximum absolute atomic E-state index is 5.65. The van der Waals surface area contributed by atoms with E-state index in [1.807, 2.05) is 0 Å². The SMILES string of the molecule is CC(C)C(CN)CNc1cnns1. The first kappa shape index (κ1) is 10.4. The molecule has 0 aromatic carbocycles. The first-order valence-electron chi connectivity index (χ1n) is 4.45. The predicted molar refractivity (Wildman–Crippen MR) is 55.8 cm³/mol. The molecule has 1 aromatic rings. The van der Waals surface area contributed by atoms with Gasteiger partial charge < -0.3 is 11.1 Å². The Bertz CT molecular complexity index is 222. The van der Waals surface area contributed by atoms with Gasteiger partial charge in [-0.3, -0.25) is 0 Å². The van der Waals surface area contributed by atoms with Crippen LogP contribution in [0.15, 0.2) is 6.20 Å². The minimum Gasteiger partial charge on any atom is -0.374 e. The van der Waals surface area contributed by atoms with Gasteiger partial charge in [0.2, 0.25) is 0 Å². The third kappa shape index (κ3) is 3.28. The van der Waals surface area contributed by atoms with Crippen LogP contribution in [0.5, 0.6) is 0 Å². The van der Waals surface area contributed by atoms with Gasteiger partial charge in [0.25, 0.3) is 0 Å². The topological polar surface area (TPSA) is 63.8 Å². The molecule has 0 saturated carbocycles. The molecule has 1 heterocycles. The fourth-order valence-corrected chi connectivity index (χ4v) is 1.49. The summed E-state index contributed by atoms with van der Waals surface area (Å²) in [6.07, 6.45) is 1.73. The normalized spacial score (nSPS) is 13.2. The lowest BCUT2D eigenvalue weighted by Crippen LogP contribution is -2.27. The lowest BCUT2D eigenvalue weighted by atomic mass is 9.96. The molecular formula is C8H16N4S. The van der Waals surface area contributed by atoms with Crippen LogP contribution < -0.4 is 11.1 Å². The van der Waals surface area contributed by atoms with E-state index in [4.69, 9.17) is 5.73 Å². The molecule has 4 nitrogen and oxygen atoms in total. The highest BCUT2D eigenvalue weighted by Crippen LogP contribution is 2.13. The Labute approximate surface area is 82.7 Å². The number of hydrogen-bond donors (Lipinski definition) is 2. The molecule has 0 aliphatic heterocycles. The number of rotatable bonds is 5. The molecule has 0 spiro atoms. The van der Waals surface area contributed by atoms with Crippen molar-refractivity contribution < 1.29 is 0 Å². The molecule has 0 aliphatic rings. The highest BCUT2D eigenvalue weighted by Gasteiger charge is 2.10. The molecule has 1 atom stereocenters. The van der Waals surface area contributed by atoms with E-state index in [9.17, 15) is 0 Å². The van der Waals surface area contributed by atoms with Gasteiger partial charge in [-0.15, -0.1) is 5.10 Å². The van der Waals surface area contributed by atoms with Crippen LogP contribution in [0.1, 0.15) is 13.8 Å². The van der Waals surface area contributed by atoms with E-state index in [1.165, 1.54) is 11.5 Å². The van der Waals surface area contributed by atoms with Crippen molar-refractivity contribution in [3.63, 3.8) is 0 Å². The molecule has 0 amide bonds. The predicted octanol–water partition coefficient (Wildman–Crippen LogP) is 1.18. The maximum atomic E-state index is 5.65. The van der Waals surface area contributed by atoms with Crippen LogP contribution in [0.3, 0.4) is 0 Å². The first-order chi connectivity index (χ1) is 6.24. The maximum Gasteiger partial charge on any atom is 0.130 e. The van der Waals surface area contributed by atoms with Gasteiger partial charge in [0.15, 0.2) is 0 Å². The fraction of sp³-hybridized carbons (Fsp3) is 0.750. The summed E-state index contributed by atoms with van der Waals surface area (Å²) in [6.45, 7) is 5.99. The van der Waals surface area contributed by atoms with Gasteiger partial charge in [-0.2, -0.15) is 0 Å². The molecule has 5 heteroatoms. The van der Waals surface area contributed by atoms with Crippen molar-refractivity contribution in [2.24, 2.45) is 17.6 Å². The quantitative estimate of drug-likeness (QED) is 0.749. The zero-order valence-electron chi connectivity index (χ0n) is 8.03. The summed E-state index contributed by atoms with van der Waals surface area (Å²) in [4.78, 5) is 0. The molecule has 3 N–H and O–H groups in total. The van der Waals surface area contributed by atoms with Crippen LogP contribution in [0.2, 0.25) is 0 Å². The summed E-state index contributed by atoms with van der Waals surface area (Å²) in [5.41, 5.74) is 5.65. The zero-order valence-corrected chi connectivity index (χ0v) is 8.84. The second kappa shape index (κ2) is 5.14. The summed E-state index contributed by atoms with van der Waals surface area (Å²) in [5, 5.41) is 8.03. The van der Waals surface area contributed by atoms with E-state index in [1.54, 1.807) is 6.20 Å². The highest BCUT2D eigenvalue weighted by molar-refractivity contribution is 7.09. The summed E-state index contributed by atoms with van der Waals surface area (Å²) < 4.78 is 3.77. The van der Waals surface area contributed by atoms with E-state index in [2.05, 4.69) is 28.8 Å².